The first-order valence-electron chi connectivity index (χ1n) is 8.44. The smallest absolute Gasteiger partial charge is 0.322 e. The van der Waals surface area contributed by atoms with E-state index in [2.05, 4.69) is 5.32 Å². The Morgan fingerprint density at radius 1 is 1.32 bits per heavy atom. The van der Waals surface area contributed by atoms with Gasteiger partial charge >= 0.3 is 6.03 Å². The molecule has 1 saturated heterocycles. The summed E-state index contributed by atoms with van der Waals surface area (Å²) in [6.07, 6.45) is 4.36. The van der Waals surface area contributed by atoms with E-state index in [1.165, 1.54) is 4.57 Å². The maximum absolute atomic E-state index is 12.6. The quantitative estimate of drug-likeness (QED) is 0.930. The van der Waals surface area contributed by atoms with Crippen LogP contribution in [-0.2, 0) is 13.5 Å². The number of hydrogen-bond donors (Lipinski definition) is 1. The predicted molar refractivity (Wildman–Crippen MR) is 97.1 cm³/mol. The number of aromatic nitrogens is 1. The Hall–Kier alpha value is -2.76. The summed E-state index contributed by atoms with van der Waals surface area (Å²) < 4.78 is 6.72. The van der Waals surface area contributed by atoms with Crippen LogP contribution in [0.3, 0.4) is 0 Å². The van der Waals surface area contributed by atoms with Gasteiger partial charge in [-0.2, -0.15) is 0 Å². The molecular formula is C19H23N3O3. The van der Waals surface area contributed by atoms with Crippen LogP contribution in [0, 0.1) is 0 Å². The van der Waals surface area contributed by atoms with E-state index in [-0.39, 0.29) is 17.6 Å². The van der Waals surface area contributed by atoms with Crippen molar-refractivity contribution >= 4 is 11.7 Å². The zero-order chi connectivity index (χ0) is 17.8. The van der Waals surface area contributed by atoms with Gasteiger partial charge < -0.3 is 19.5 Å². The zero-order valence-electron chi connectivity index (χ0n) is 14.6. The fourth-order valence-electron chi connectivity index (χ4n) is 3.27. The number of methoxy groups -OCH3 is 1. The summed E-state index contributed by atoms with van der Waals surface area (Å²) in [4.78, 5) is 26.5. The summed E-state index contributed by atoms with van der Waals surface area (Å²) in [5, 5.41) is 2.76. The number of ether oxygens (including phenoxy) is 1. The molecule has 0 radical (unpaired) electrons. The van der Waals surface area contributed by atoms with Crippen molar-refractivity contribution in [1.29, 1.82) is 0 Å². The summed E-state index contributed by atoms with van der Waals surface area (Å²) in [5.41, 5.74) is 1.24. The Kier molecular flexibility index (Phi) is 5.07. The van der Waals surface area contributed by atoms with Crippen LogP contribution in [0.2, 0.25) is 0 Å². The first-order valence-corrected chi connectivity index (χ1v) is 8.44. The maximum Gasteiger partial charge on any atom is 0.322 e. The molecule has 1 aliphatic heterocycles. The number of benzene rings is 1. The number of rotatable bonds is 4. The third-order valence-electron chi connectivity index (χ3n) is 4.61. The summed E-state index contributed by atoms with van der Waals surface area (Å²) in [6.45, 7) is 0.702. The minimum Gasteiger partial charge on any atom is -0.497 e. The van der Waals surface area contributed by atoms with Crippen molar-refractivity contribution < 1.29 is 9.53 Å². The second-order valence-corrected chi connectivity index (χ2v) is 6.31. The molecule has 1 unspecified atom stereocenters. The zero-order valence-corrected chi connectivity index (χ0v) is 14.6. The van der Waals surface area contributed by atoms with Gasteiger partial charge in [-0.1, -0.05) is 12.1 Å². The van der Waals surface area contributed by atoms with E-state index in [1.807, 2.05) is 29.2 Å². The molecule has 2 heterocycles. The number of anilines is 1. The summed E-state index contributed by atoms with van der Waals surface area (Å²) in [5.74, 6) is 0.819. The fraction of sp³-hybridized carbons (Fsp3) is 0.368. The minimum atomic E-state index is -0.214. The Labute approximate surface area is 147 Å². The molecule has 6 heteroatoms. The van der Waals surface area contributed by atoms with Gasteiger partial charge in [-0.3, -0.25) is 4.79 Å². The van der Waals surface area contributed by atoms with Gasteiger partial charge in [0.05, 0.1) is 7.11 Å². The van der Waals surface area contributed by atoms with Crippen LogP contribution in [0.4, 0.5) is 10.5 Å². The number of likely N-dealkylation sites (tertiary alicyclic amines) is 1. The highest BCUT2D eigenvalue weighted by Gasteiger charge is 2.29. The molecular weight excluding hydrogens is 318 g/mol. The molecule has 3 rings (SSSR count). The van der Waals surface area contributed by atoms with Crippen molar-refractivity contribution in [3.63, 3.8) is 0 Å². The van der Waals surface area contributed by atoms with Gasteiger partial charge in [-0.05, 0) is 49.1 Å². The van der Waals surface area contributed by atoms with Gasteiger partial charge in [-0.15, -0.1) is 0 Å². The second kappa shape index (κ2) is 7.42. The number of carbonyl (C=O) groups is 1. The van der Waals surface area contributed by atoms with E-state index < -0.39 is 0 Å². The normalized spacial score (nSPS) is 16.7. The Balaban J connectivity index is 1.71. The van der Waals surface area contributed by atoms with Gasteiger partial charge in [0.2, 0.25) is 0 Å². The van der Waals surface area contributed by atoms with Crippen molar-refractivity contribution in [2.45, 2.75) is 25.3 Å². The van der Waals surface area contributed by atoms with Crippen molar-refractivity contribution in [3.05, 3.63) is 58.5 Å². The molecule has 1 atom stereocenters. The molecule has 132 valence electrons. The van der Waals surface area contributed by atoms with Crippen LogP contribution in [0.1, 0.15) is 18.4 Å². The van der Waals surface area contributed by atoms with Crippen molar-refractivity contribution in [3.8, 4) is 5.75 Å². The van der Waals surface area contributed by atoms with Crippen LogP contribution < -0.4 is 15.6 Å². The van der Waals surface area contributed by atoms with Crippen LogP contribution in [0.15, 0.2) is 47.4 Å². The predicted octanol–water partition coefficient (Wildman–Crippen LogP) is 2.63. The van der Waals surface area contributed by atoms with E-state index in [4.69, 9.17) is 4.74 Å². The number of aryl methyl sites for hydroxylation is 1. The Morgan fingerprint density at radius 2 is 2.16 bits per heavy atom. The van der Waals surface area contributed by atoms with Gasteiger partial charge in [0, 0.05) is 25.8 Å². The molecule has 1 aliphatic rings. The second-order valence-electron chi connectivity index (χ2n) is 6.31. The fourth-order valence-corrected chi connectivity index (χ4v) is 3.27. The molecule has 1 aromatic heterocycles. The summed E-state index contributed by atoms with van der Waals surface area (Å²) in [7, 11) is 3.31. The Morgan fingerprint density at radius 3 is 2.96 bits per heavy atom. The van der Waals surface area contributed by atoms with Crippen LogP contribution in [-0.4, -0.2) is 35.2 Å². The molecule has 2 aromatic rings. The number of nitrogens with one attached hydrogen (secondary N) is 1. The van der Waals surface area contributed by atoms with E-state index in [1.54, 1.807) is 32.5 Å². The first-order chi connectivity index (χ1) is 12.1. The first kappa shape index (κ1) is 17.1. The largest absolute Gasteiger partial charge is 0.497 e. The SMILES string of the molecule is COc1cccc(CC2CCCN2C(=O)Nc2cccn(C)c2=O)c1. The molecule has 25 heavy (non-hydrogen) atoms. The molecule has 1 aromatic carbocycles. The molecule has 0 bridgehead atoms. The highest BCUT2D eigenvalue weighted by molar-refractivity contribution is 5.89. The maximum atomic E-state index is 12.6. The lowest BCUT2D eigenvalue weighted by Crippen LogP contribution is -2.41. The standard InChI is InChI=1S/C19H23N3O3/c1-21-10-5-9-17(18(21)23)20-19(24)22-11-4-7-15(22)12-14-6-3-8-16(13-14)25-2/h3,5-6,8-10,13,15H,4,7,11-12H2,1-2H3,(H,20,24). The molecule has 1 fully saturated rings. The van der Waals surface area contributed by atoms with E-state index in [0.29, 0.717) is 12.2 Å². The van der Waals surface area contributed by atoms with Crippen LogP contribution in [0.25, 0.3) is 0 Å². The Bertz CT molecular complexity index is 816. The monoisotopic (exact) mass is 341 g/mol. The number of hydrogen-bond acceptors (Lipinski definition) is 3. The summed E-state index contributed by atoms with van der Waals surface area (Å²) in [6, 6.07) is 11.2. The van der Waals surface area contributed by atoms with Gasteiger partial charge in [0.25, 0.3) is 5.56 Å². The number of urea groups is 1. The van der Waals surface area contributed by atoms with E-state index in [0.717, 1.165) is 30.6 Å². The number of nitrogens with zero attached hydrogens (tertiary/aromatic N) is 2. The molecule has 2 amide bonds. The van der Waals surface area contributed by atoms with Crippen molar-refractivity contribution in [1.82, 2.24) is 9.47 Å². The van der Waals surface area contributed by atoms with Gasteiger partial charge in [0.15, 0.2) is 0 Å². The highest BCUT2D eigenvalue weighted by Crippen LogP contribution is 2.23. The third kappa shape index (κ3) is 3.84. The minimum absolute atomic E-state index is 0.125. The third-order valence-corrected chi connectivity index (χ3v) is 4.61. The lowest BCUT2D eigenvalue weighted by molar-refractivity contribution is 0.206. The lowest BCUT2D eigenvalue weighted by atomic mass is 10.0. The van der Waals surface area contributed by atoms with Gasteiger partial charge in [0.1, 0.15) is 11.4 Å². The molecule has 0 aliphatic carbocycles. The average molecular weight is 341 g/mol. The van der Waals surface area contributed by atoms with E-state index >= 15 is 0 Å². The molecule has 0 saturated carbocycles. The topological polar surface area (TPSA) is 63.6 Å². The van der Waals surface area contributed by atoms with Crippen molar-refractivity contribution in [2.24, 2.45) is 7.05 Å². The molecule has 6 nitrogen and oxygen atoms in total. The van der Waals surface area contributed by atoms with Crippen LogP contribution in [0.5, 0.6) is 5.75 Å². The lowest BCUT2D eigenvalue weighted by Gasteiger charge is -2.25. The molecule has 0 spiro atoms. The number of carbonyl (C=O) groups excluding carboxylic acids is 1. The highest BCUT2D eigenvalue weighted by atomic mass is 16.5. The van der Waals surface area contributed by atoms with Crippen LogP contribution >= 0.6 is 0 Å². The number of amides is 2. The molecule has 1 N–H and O–H groups in total. The van der Waals surface area contributed by atoms with Gasteiger partial charge in [-0.25, -0.2) is 4.79 Å². The average Bonchev–Trinajstić information content (AvgIpc) is 3.07. The number of pyridine rings is 1. The summed E-state index contributed by atoms with van der Waals surface area (Å²) >= 11 is 0. The van der Waals surface area contributed by atoms with Crippen molar-refractivity contribution in [2.75, 3.05) is 19.0 Å². The van der Waals surface area contributed by atoms with E-state index in [9.17, 15) is 9.59 Å².